The lowest BCUT2D eigenvalue weighted by molar-refractivity contribution is -0.147. The highest BCUT2D eigenvalue weighted by Gasteiger charge is 2.35. The molecule has 3 nitrogen and oxygen atoms in total. The fraction of sp³-hybridized carbons (Fsp3) is 0.500. The zero-order valence-corrected chi connectivity index (χ0v) is 11.5. The Morgan fingerprint density at radius 2 is 2.28 bits per heavy atom. The molecule has 0 spiro atoms. The molecule has 1 saturated heterocycles. The highest BCUT2D eigenvalue weighted by atomic mass is 35.5. The summed E-state index contributed by atoms with van der Waals surface area (Å²) in [5, 5.41) is 4.00. The summed E-state index contributed by atoms with van der Waals surface area (Å²) >= 11 is 6.14. The molecule has 0 saturated carbocycles. The largest absolute Gasteiger partial charge is 0.466 e. The lowest BCUT2D eigenvalue weighted by atomic mass is 9.88. The second kappa shape index (κ2) is 5.72. The first-order valence-electron chi connectivity index (χ1n) is 6.27. The summed E-state index contributed by atoms with van der Waals surface area (Å²) in [5.74, 6) is -0.0740. The molecule has 1 aromatic carbocycles. The standard InChI is InChI=1S/C14H18ClNO2/c1-3-18-14(17)12-8-16-7-11(12)10-5-4-9(2)13(15)6-10/h4-6,11-12,16H,3,7-8H2,1-2H3. The van der Waals surface area contributed by atoms with Crippen LogP contribution in [0.2, 0.25) is 5.02 Å². The average molecular weight is 268 g/mol. The SMILES string of the molecule is CCOC(=O)C1CNCC1c1ccc(C)c(Cl)c1. The van der Waals surface area contributed by atoms with Crippen LogP contribution in [0.25, 0.3) is 0 Å². The van der Waals surface area contributed by atoms with Gasteiger partial charge in [0.25, 0.3) is 0 Å². The molecule has 2 rings (SSSR count). The van der Waals surface area contributed by atoms with Gasteiger partial charge in [-0.15, -0.1) is 0 Å². The molecule has 0 aromatic heterocycles. The molecule has 2 atom stereocenters. The fourth-order valence-corrected chi connectivity index (χ4v) is 2.55. The van der Waals surface area contributed by atoms with Crippen LogP contribution in [0.1, 0.15) is 24.0 Å². The molecule has 1 heterocycles. The molecular formula is C14H18ClNO2. The Bertz CT molecular complexity index is 447. The second-order valence-corrected chi connectivity index (χ2v) is 5.04. The van der Waals surface area contributed by atoms with Crippen molar-refractivity contribution in [3.8, 4) is 0 Å². The zero-order chi connectivity index (χ0) is 13.1. The number of rotatable bonds is 3. The normalized spacial score (nSPS) is 23.1. The van der Waals surface area contributed by atoms with E-state index in [1.54, 1.807) is 0 Å². The average Bonchev–Trinajstić information content (AvgIpc) is 2.82. The molecule has 18 heavy (non-hydrogen) atoms. The van der Waals surface area contributed by atoms with Crippen LogP contribution in [0.15, 0.2) is 18.2 Å². The van der Waals surface area contributed by atoms with Gasteiger partial charge in [0.1, 0.15) is 0 Å². The number of hydrogen-bond donors (Lipinski definition) is 1. The third kappa shape index (κ3) is 2.68. The van der Waals surface area contributed by atoms with Gasteiger partial charge in [0.05, 0.1) is 12.5 Å². The van der Waals surface area contributed by atoms with E-state index in [2.05, 4.69) is 5.32 Å². The van der Waals surface area contributed by atoms with Crippen LogP contribution in [0.4, 0.5) is 0 Å². The van der Waals surface area contributed by atoms with Crippen LogP contribution >= 0.6 is 11.6 Å². The molecule has 0 radical (unpaired) electrons. The van der Waals surface area contributed by atoms with E-state index in [-0.39, 0.29) is 17.8 Å². The van der Waals surface area contributed by atoms with Gasteiger partial charge in [-0.05, 0) is 31.0 Å². The predicted molar refractivity (Wildman–Crippen MR) is 71.9 cm³/mol. The number of ether oxygens (including phenoxy) is 1. The van der Waals surface area contributed by atoms with E-state index >= 15 is 0 Å². The molecule has 1 aromatic rings. The van der Waals surface area contributed by atoms with E-state index in [4.69, 9.17) is 16.3 Å². The van der Waals surface area contributed by atoms with E-state index in [9.17, 15) is 4.79 Å². The van der Waals surface area contributed by atoms with Gasteiger partial charge in [-0.2, -0.15) is 0 Å². The maximum Gasteiger partial charge on any atom is 0.310 e. The van der Waals surface area contributed by atoms with Crippen LogP contribution in [0, 0.1) is 12.8 Å². The van der Waals surface area contributed by atoms with Crippen LogP contribution in [0.3, 0.4) is 0 Å². The quantitative estimate of drug-likeness (QED) is 0.856. The molecule has 1 N–H and O–H groups in total. The first-order chi connectivity index (χ1) is 8.63. The predicted octanol–water partition coefficient (Wildman–Crippen LogP) is 2.51. The second-order valence-electron chi connectivity index (χ2n) is 4.63. The number of nitrogens with one attached hydrogen (secondary N) is 1. The maximum absolute atomic E-state index is 11.9. The van der Waals surface area contributed by atoms with Gasteiger partial charge in [-0.3, -0.25) is 4.79 Å². The minimum Gasteiger partial charge on any atom is -0.466 e. The number of hydrogen-bond acceptors (Lipinski definition) is 3. The molecule has 2 unspecified atom stereocenters. The number of carbonyl (C=O) groups excluding carboxylic acids is 1. The van der Waals surface area contributed by atoms with Gasteiger partial charge < -0.3 is 10.1 Å². The van der Waals surface area contributed by atoms with Crippen molar-refractivity contribution in [2.24, 2.45) is 5.92 Å². The zero-order valence-electron chi connectivity index (χ0n) is 10.7. The summed E-state index contributed by atoms with van der Waals surface area (Å²) in [6, 6.07) is 6.00. The van der Waals surface area contributed by atoms with E-state index in [0.717, 1.165) is 22.7 Å². The van der Waals surface area contributed by atoms with Crippen molar-refractivity contribution in [3.63, 3.8) is 0 Å². The summed E-state index contributed by atoms with van der Waals surface area (Å²) in [6.45, 7) is 5.70. The van der Waals surface area contributed by atoms with Gasteiger partial charge >= 0.3 is 5.97 Å². The highest BCUT2D eigenvalue weighted by molar-refractivity contribution is 6.31. The Hall–Kier alpha value is -1.06. The first-order valence-corrected chi connectivity index (χ1v) is 6.64. The van der Waals surface area contributed by atoms with E-state index < -0.39 is 0 Å². The molecule has 1 fully saturated rings. The van der Waals surface area contributed by atoms with Crippen LogP contribution in [0.5, 0.6) is 0 Å². The number of carbonyl (C=O) groups is 1. The van der Waals surface area contributed by atoms with Gasteiger partial charge in [-0.1, -0.05) is 23.7 Å². The van der Waals surface area contributed by atoms with Crippen LogP contribution in [-0.4, -0.2) is 25.7 Å². The number of halogens is 1. The summed E-state index contributed by atoms with van der Waals surface area (Å²) in [4.78, 5) is 11.9. The van der Waals surface area contributed by atoms with Crippen LogP contribution < -0.4 is 5.32 Å². The minimum atomic E-state index is -0.121. The molecule has 0 amide bonds. The molecular weight excluding hydrogens is 250 g/mol. The minimum absolute atomic E-state index is 0.108. The summed E-state index contributed by atoms with van der Waals surface area (Å²) in [7, 11) is 0. The molecule has 1 aliphatic heterocycles. The fourth-order valence-electron chi connectivity index (χ4n) is 2.37. The van der Waals surface area contributed by atoms with Crippen molar-refractivity contribution in [3.05, 3.63) is 34.3 Å². The topological polar surface area (TPSA) is 38.3 Å². The Labute approximate surface area is 112 Å². The highest BCUT2D eigenvalue weighted by Crippen LogP contribution is 2.31. The van der Waals surface area contributed by atoms with E-state index in [1.807, 2.05) is 32.0 Å². The van der Waals surface area contributed by atoms with Crippen molar-refractivity contribution in [1.82, 2.24) is 5.32 Å². The molecule has 98 valence electrons. The van der Waals surface area contributed by atoms with Crippen molar-refractivity contribution in [1.29, 1.82) is 0 Å². The van der Waals surface area contributed by atoms with Crippen molar-refractivity contribution in [2.75, 3.05) is 19.7 Å². The van der Waals surface area contributed by atoms with Crippen molar-refractivity contribution < 1.29 is 9.53 Å². The lowest BCUT2D eigenvalue weighted by Gasteiger charge is -2.18. The van der Waals surface area contributed by atoms with E-state index in [0.29, 0.717) is 13.2 Å². The maximum atomic E-state index is 11.9. The number of esters is 1. The van der Waals surface area contributed by atoms with Crippen molar-refractivity contribution in [2.45, 2.75) is 19.8 Å². The summed E-state index contributed by atoms with van der Waals surface area (Å²) in [6.07, 6.45) is 0. The number of aryl methyl sites for hydroxylation is 1. The Morgan fingerprint density at radius 1 is 1.50 bits per heavy atom. The Balaban J connectivity index is 2.20. The Kier molecular flexibility index (Phi) is 4.25. The van der Waals surface area contributed by atoms with Crippen LogP contribution in [-0.2, 0) is 9.53 Å². The molecule has 1 aliphatic rings. The summed E-state index contributed by atoms with van der Waals surface area (Å²) < 4.78 is 5.12. The Morgan fingerprint density at radius 3 is 2.94 bits per heavy atom. The first kappa shape index (κ1) is 13.4. The monoisotopic (exact) mass is 267 g/mol. The summed E-state index contributed by atoms with van der Waals surface area (Å²) in [5.41, 5.74) is 2.16. The van der Waals surface area contributed by atoms with Gasteiger partial charge in [0.2, 0.25) is 0 Å². The number of benzene rings is 1. The molecule has 0 bridgehead atoms. The van der Waals surface area contributed by atoms with E-state index in [1.165, 1.54) is 0 Å². The molecule has 0 aliphatic carbocycles. The third-order valence-electron chi connectivity index (χ3n) is 3.43. The smallest absolute Gasteiger partial charge is 0.310 e. The van der Waals surface area contributed by atoms with Gasteiger partial charge in [0, 0.05) is 24.0 Å². The third-order valence-corrected chi connectivity index (χ3v) is 3.83. The lowest BCUT2D eigenvalue weighted by Crippen LogP contribution is -2.24. The van der Waals surface area contributed by atoms with Gasteiger partial charge in [0.15, 0.2) is 0 Å². The van der Waals surface area contributed by atoms with Crippen molar-refractivity contribution >= 4 is 17.6 Å². The molecule has 4 heteroatoms. The van der Waals surface area contributed by atoms with Gasteiger partial charge in [-0.25, -0.2) is 0 Å².